The van der Waals surface area contributed by atoms with Crippen LogP contribution in [0.4, 0.5) is 0 Å². The number of rotatable bonds is 6. The zero-order valence-corrected chi connectivity index (χ0v) is 15.0. The first-order chi connectivity index (χ1) is 10.7. The predicted octanol–water partition coefficient (Wildman–Crippen LogP) is 2.71. The van der Waals surface area contributed by atoms with Gasteiger partial charge >= 0.3 is 0 Å². The number of piperidine rings is 1. The van der Waals surface area contributed by atoms with Crippen LogP contribution in [0.2, 0.25) is 0 Å². The molecule has 0 radical (unpaired) electrons. The van der Waals surface area contributed by atoms with E-state index in [2.05, 4.69) is 48.6 Å². The Bertz CT molecular complexity index is 469. The van der Waals surface area contributed by atoms with Crippen LogP contribution in [0.15, 0.2) is 17.1 Å². The van der Waals surface area contributed by atoms with Crippen molar-refractivity contribution < 1.29 is 0 Å². The summed E-state index contributed by atoms with van der Waals surface area (Å²) in [6.45, 7) is 9.43. The van der Waals surface area contributed by atoms with Crippen molar-refractivity contribution >= 4 is 17.3 Å². The largest absolute Gasteiger partial charge is 0.357 e. The van der Waals surface area contributed by atoms with Crippen LogP contribution in [0.25, 0.3) is 0 Å². The van der Waals surface area contributed by atoms with Gasteiger partial charge in [0.2, 0.25) is 0 Å². The highest BCUT2D eigenvalue weighted by Crippen LogP contribution is 2.17. The fraction of sp³-hybridized carbons (Fsp3) is 0.706. The van der Waals surface area contributed by atoms with Gasteiger partial charge in [-0.3, -0.25) is 0 Å². The molecule has 1 unspecified atom stereocenters. The van der Waals surface area contributed by atoms with E-state index < -0.39 is 0 Å². The summed E-state index contributed by atoms with van der Waals surface area (Å²) in [5.41, 5.74) is 0. The average Bonchev–Trinajstić information content (AvgIpc) is 2.98. The van der Waals surface area contributed by atoms with Gasteiger partial charge in [0.05, 0.1) is 6.54 Å². The lowest BCUT2D eigenvalue weighted by Crippen LogP contribution is -2.43. The van der Waals surface area contributed by atoms with Crippen LogP contribution < -0.4 is 10.6 Å². The number of nitrogens with zero attached hydrogens (tertiary/aromatic N) is 2. The Morgan fingerprint density at radius 3 is 2.82 bits per heavy atom. The molecule has 5 heteroatoms. The fourth-order valence-electron chi connectivity index (χ4n) is 2.88. The predicted molar refractivity (Wildman–Crippen MR) is 96.7 cm³/mol. The average molecular weight is 323 g/mol. The first kappa shape index (κ1) is 17.3. The second kappa shape index (κ2) is 9.16. The van der Waals surface area contributed by atoms with Crippen molar-refractivity contribution in [3.8, 4) is 0 Å². The Hall–Kier alpha value is -1.07. The maximum absolute atomic E-state index is 4.73. The smallest absolute Gasteiger partial charge is 0.191 e. The topological polar surface area (TPSA) is 39.7 Å². The van der Waals surface area contributed by atoms with E-state index in [4.69, 9.17) is 4.99 Å². The highest BCUT2D eigenvalue weighted by molar-refractivity contribution is 7.11. The number of nitrogens with one attached hydrogen (secondary N) is 2. The van der Waals surface area contributed by atoms with Crippen molar-refractivity contribution in [3.63, 3.8) is 0 Å². The number of aliphatic imine (C=N–C) groups is 1. The third-order valence-corrected chi connectivity index (χ3v) is 5.30. The van der Waals surface area contributed by atoms with Crippen LogP contribution in [-0.2, 0) is 13.0 Å². The summed E-state index contributed by atoms with van der Waals surface area (Å²) in [6.07, 6.45) is 3.74. The summed E-state index contributed by atoms with van der Waals surface area (Å²) in [5.74, 6) is 1.68. The van der Waals surface area contributed by atoms with E-state index in [9.17, 15) is 0 Å². The van der Waals surface area contributed by atoms with Crippen molar-refractivity contribution in [3.05, 3.63) is 21.9 Å². The molecule has 2 N–H and O–H groups in total. The zero-order chi connectivity index (χ0) is 15.8. The molecule has 22 heavy (non-hydrogen) atoms. The first-order valence-corrected chi connectivity index (χ1v) is 9.31. The van der Waals surface area contributed by atoms with Crippen molar-refractivity contribution in [2.24, 2.45) is 10.9 Å². The monoisotopic (exact) mass is 322 g/mol. The van der Waals surface area contributed by atoms with E-state index in [1.54, 1.807) is 0 Å². The SMILES string of the molecule is CCNC(=NCc1ccc(CC)s1)NCC1CCCN(C)C1. The van der Waals surface area contributed by atoms with Crippen molar-refractivity contribution in [1.82, 2.24) is 15.5 Å². The molecule has 4 nitrogen and oxygen atoms in total. The second-order valence-electron chi connectivity index (χ2n) is 6.07. The molecule has 1 fully saturated rings. The van der Waals surface area contributed by atoms with Crippen LogP contribution in [0.5, 0.6) is 0 Å². The van der Waals surface area contributed by atoms with Gasteiger partial charge in [0.15, 0.2) is 5.96 Å². The van der Waals surface area contributed by atoms with E-state index in [1.165, 1.54) is 35.7 Å². The lowest BCUT2D eigenvalue weighted by atomic mass is 9.99. The standard InChI is InChI=1S/C17H30N4S/c1-4-15-8-9-16(22-15)12-20-17(18-5-2)19-11-14-7-6-10-21(3)13-14/h8-9,14H,4-7,10-13H2,1-3H3,(H2,18,19,20). The fourth-order valence-corrected chi connectivity index (χ4v) is 3.76. The molecule has 1 saturated heterocycles. The molecule has 0 spiro atoms. The van der Waals surface area contributed by atoms with E-state index in [1.807, 2.05) is 11.3 Å². The number of likely N-dealkylation sites (tertiary alicyclic amines) is 1. The first-order valence-electron chi connectivity index (χ1n) is 8.49. The highest BCUT2D eigenvalue weighted by atomic mass is 32.1. The minimum Gasteiger partial charge on any atom is -0.357 e. The zero-order valence-electron chi connectivity index (χ0n) is 14.2. The van der Waals surface area contributed by atoms with Crippen molar-refractivity contribution in [2.75, 3.05) is 33.2 Å². The molecular formula is C17H30N4S. The molecule has 1 aliphatic rings. The molecule has 0 aromatic carbocycles. The van der Waals surface area contributed by atoms with Gasteiger partial charge in [0.25, 0.3) is 0 Å². The molecule has 0 amide bonds. The van der Waals surface area contributed by atoms with Crippen LogP contribution >= 0.6 is 11.3 Å². The molecule has 1 aromatic rings. The Balaban J connectivity index is 1.83. The number of guanidine groups is 1. The molecule has 2 rings (SSSR count). The number of hydrogen-bond donors (Lipinski definition) is 2. The van der Waals surface area contributed by atoms with Gasteiger partial charge in [0, 0.05) is 29.4 Å². The van der Waals surface area contributed by atoms with Gasteiger partial charge in [-0.2, -0.15) is 0 Å². The van der Waals surface area contributed by atoms with Crippen LogP contribution in [-0.4, -0.2) is 44.1 Å². The Kier molecular flexibility index (Phi) is 7.19. The van der Waals surface area contributed by atoms with Crippen LogP contribution in [0.3, 0.4) is 0 Å². The minimum absolute atomic E-state index is 0.732. The Labute approximate surface area is 139 Å². The molecule has 124 valence electrons. The van der Waals surface area contributed by atoms with Gasteiger partial charge in [-0.05, 0) is 57.8 Å². The maximum Gasteiger partial charge on any atom is 0.191 e. The Morgan fingerprint density at radius 1 is 1.32 bits per heavy atom. The van der Waals surface area contributed by atoms with Gasteiger partial charge in [0.1, 0.15) is 0 Å². The van der Waals surface area contributed by atoms with Crippen molar-refractivity contribution in [2.45, 2.75) is 39.7 Å². The summed E-state index contributed by atoms with van der Waals surface area (Å²) >= 11 is 1.87. The molecular weight excluding hydrogens is 292 g/mol. The third kappa shape index (κ3) is 5.61. The number of aryl methyl sites for hydroxylation is 1. The summed E-state index contributed by atoms with van der Waals surface area (Å²) < 4.78 is 0. The van der Waals surface area contributed by atoms with E-state index in [-0.39, 0.29) is 0 Å². The summed E-state index contributed by atoms with van der Waals surface area (Å²) in [6, 6.07) is 4.42. The van der Waals surface area contributed by atoms with E-state index in [0.29, 0.717) is 0 Å². The Morgan fingerprint density at radius 2 is 2.14 bits per heavy atom. The molecule has 1 aromatic heterocycles. The maximum atomic E-state index is 4.73. The minimum atomic E-state index is 0.732. The molecule has 0 bridgehead atoms. The van der Waals surface area contributed by atoms with Crippen molar-refractivity contribution in [1.29, 1.82) is 0 Å². The van der Waals surface area contributed by atoms with Gasteiger partial charge in [-0.1, -0.05) is 6.92 Å². The third-order valence-electron chi connectivity index (χ3n) is 4.08. The molecule has 2 heterocycles. The number of hydrogen-bond acceptors (Lipinski definition) is 3. The highest BCUT2D eigenvalue weighted by Gasteiger charge is 2.17. The van der Waals surface area contributed by atoms with Crippen LogP contribution in [0, 0.1) is 5.92 Å². The summed E-state index contributed by atoms with van der Waals surface area (Å²) in [5, 5.41) is 6.87. The molecule has 0 saturated carbocycles. The number of thiophene rings is 1. The molecule has 0 aliphatic carbocycles. The summed E-state index contributed by atoms with van der Waals surface area (Å²) in [4.78, 5) is 9.93. The van der Waals surface area contributed by atoms with Gasteiger partial charge < -0.3 is 15.5 Å². The van der Waals surface area contributed by atoms with Gasteiger partial charge in [-0.25, -0.2) is 4.99 Å². The summed E-state index contributed by atoms with van der Waals surface area (Å²) in [7, 11) is 2.22. The quantitative estimate of drug-likeness (QED) is 0.625. The molecule has 1 aliphatic heterocycles. The van der Waals surface area contributed by atoms with Crippen LogP contribution in [0.1, 0.15) is 36.4 Å². The lowest BCUT2D eigenvalue weighted by molar-refractivity contribution is 0.210. The van der Waals surface area contributed by atoms with E-state index >= 15 is 0 Å². The lowest BCUT2D eigenvalue weighted by Gasteiger charge is -2.30. The van der Waals surface area contributed by atoms with Gasteiger partial charge in [-0.15, -0.1) is 11.3 Å². The second-order valence-corrected chi connectivity index (χ2v) is 7.32. The molecule has 1 atom stereocenters. The van der Waals surface area contributed by atoms with E-state index in [0.717, 1.165) is 37.9 Å². The normalized spacial score (nSPS) is 20.1.